The van der Waals surface area contributed by atoms with Gasteiger partial charge in [-0.05, 0) is 27.8 Å². The minimum Gasteiger partial charge on any atom is -0.395 e. The van der Waals surface area contributed by atoms with Crippen LogP contribution >= 0.6 is 15.9 Å². The molecule has 0 amide bonds. The number of aliphatic hydroxyl groups excluding tert-OH is 1. The number of rotatable bonds is 2. The van der Waals surface area contributed by atoms with Gasteiger partial charge in [0.25, 0.3) is 0 Å². The van der Waals surface area contributed by atoms with Gasteiger partial charge < -0.3 is 5.11 Å². The highest BCUT2D eigenvalue weighted by molar-refractivity contribution is 9.10. The molecule has 1 unspecified atom stereocenters. The van der Waals surface area contributed by atoms with Gasteiger partial charge in [-0.2, -0.15) is 0 Å². The van der Waals surface area contributed by atoms with Crippen LogP contribution in [0.4, 0.5) is 0 Å². The molecule has 0 spiro atoms. The molecule has 1 saturated carbocycles. The molecule has 1 aromatic heterocycles. The fourth-order valence-corrected chi connectivity index (χ4v) is 2.20. The third-order valence-corrected chi connectivity index (χ3v) is 3.64. The Hall–Kier alpha value is -0.480. The molecule has 4 heteroatoms. The summed E-state index contributed by atoms with van der Waals surface area (Å²) in [5, 5.41) is 9.42. The number of halogens is 1. The predicted octanol–water partition coefficient (Wildman–Crippen LogP) is 1.90. The topological polar surface area (TPSA) is 46.0 Å². The zero-order valence-electron chi connectivity index (χ0n) is 8.29. The van der Waals surface area contributed by atoms with Crippen molar-refractivity contribution in [3.63, 3.8) is 0 Å². The van der Waals surface area contributed by atoms with E-state index in [1.165, 1.54) is 0 Å². The van der Waals surface area contributed by atoms with Crippen LogP contribution in [0.15, 0.2) is 16.9 Å². The highest BCUT2D eigenvalue weighted by atomic mass is 79.9. The van der Waals surface area contributed by atoms with Crippen molar-refractivity contribution in [3.8, 4) is 0 Å². The molecule has 14 heavy (non-hydrogen) atoms. The summed E-state index contributed by atoms with van der Waals surface area (Å²) in [7, 11) is 0. The summed E-state index contributed by atoms with van der Waals surface area (Å²) in [5.74, 6) is 0.758. The Bertz CT molecular complexity index is 350. The average Bonchev–Trinajstić information content (AvgIpc) is 2.71. The molecule has 1 fully saturated rings. The number of hydrogen-bond donors (Lipinski definition) is 1. The molecule has 2 rings (SSSR count). The first-order valence-electron chi connectivity index (χ1n) is 4.61. The minimum atomic E-state index is -0.215. The second kappa shape index (κ2) is 3.00. The van der Waals surface area contributed by atoms with E-state index in [2.05, 4.69) is 39.7 Å². The van der Waals surface area contributed by atoms with E-state index < -0.39 is 0 Å². The van der Waals surface area contributed by atoms with Crippen LogP contribution in [0.1, 0.15) is 26.1 Å². The quantitative estimate of drug-likeness (QED) is 0.880. The van der Waals surface area contributed by atoms with Gasteiger partial charge in [-0.1, -0.05) is 13.8 Å². The third kappa shape index (κ3) is 1.28. The Morgan fingerprint density at radius 3 is 2.29 bits per heavy atom. The largest absolute Gasteiger partial charge is 0.395 e. The maximum Gasteiger partial charge on any atom is 0.137 e. The number of aromatic nitrogens is 2. The van der Waals surface area contributed by atoms with Crippen molar-refractivity contribution in [2.75, 3.05) is 6.61 Å². The lowest BCUT2D eigenvalue weighted by molar-refractivity contribution is 0.225. The summed E-state index contributed by atoms with van der Waals surface area (Å²) < 4.78 is 0.868. The molecule has 1 aromatic rings. The Morgan fingerprint density at radius 2 is 1.93 bits per heavy atom. The van der Waals surface area contributed by atoms with Gasteiger partial charge in [0.15, 0.2) is 0 Å². The van der Waals surface area contributed by atoms with Crippen molar-refractivity contribution in [3.05, 3.63) is 22.7 Å². The summed E-state index contributed by atoms with van der Waals surface area (Å²) in [6.45, 7) is 4.39. The lowest BCUT2D eigenvalue weighted by Gasteiger charge is -2.15. The van der Waals surface area contributed by atoms with Crippen molar-refractivity contribution in [2.45, 2.75) is 25.7 Å². The van der Waals surface area contributed by atoms with Gasteiger partial charge in [-0.15, -0.1) is 0 Å². The summed E-state index contributed by atoms with van der Waals surface area (Å²) in [5.41, 5.74) is -0.0940. The number of nitrogens with zero attached hydrogens (tertiary/aromatic N) is 2. The van der Waals surface area contributed by atoms with Gasteiger partial charge in [0.1, 0.15) is 5.82 Å². The fraction of sp³-hybridized carbons (Fsp3) is 0.600. The standard InChI is InChI=1S/C10H13BrN2O/c1-9(2)5-10(9,6-14)8-12-3-7(11)4-13-8/h3-4,14H,5-6H2,1-2H3. The maximum atomic E-state index is 9.42. The lowest BCUT2D eigenvalue weighted by Crippen LogP contribution is -2.22. The molecule has 1 N–H and O–H groups in total. The molecular formula is C10H13BrN2O. The molecule has 1 heterocycles. The van der Waals surface area contributed by atoms with Crippen LogP contribution in [0.2, 0.25) is 0 Å². The van der Waals surface area contributed by atoms with E-state index in [-0.39, 0.29) is 17.4 Å². The monoisotopic (exact) mass is 256 g/mol. The molecule has 1 atom stereocenters. The molecule has 0 aromatic carbocycles. The van der Waals surface area contributed by atoms with E-state index in [9.17, 15) is 5.11 Å². The van der Waals surface area contributed by atoms with Gasteiger partial charge in [-0.3, -0.25) is 0 Å². The zero-order valence-corrected chi connectivity index (χ0v) is 9.87. The van der Waals surface area contributed by atoms with Crippen LogP contribution in [-0.4, -0.2) is 21.7 Å². The highest BCUT2D eigenvalue weighted by Crippen LogP contribution is 2.62. The van der Waals surface area contributed by atoms with Crippen molar-refractivity contribution in [2.24, 2.45) is 5.41 Å². The van der Waals surface area contributed by atoms with Gasteiger partial charge in [-0.25, -0.2) is 9.97 Å². The van der Waals surface area contributed by atoms with Gasteiger partial charge >= 0.3 is 0 Å². The molecule has 76 valence electrons. The Kier molecular flexibility index (Phi) is 2.16. The van der Waals surface area contributed by atoms with Crippen LogP contribution < -0.4 is 0 Å². The summed E-state index contributed by atoms with van der Waals surface area (Å²) in [6.07, 6.45) is 4.42. The predicted molar refractivity (Wildman–Crippen MR) is 56.9 cm³/mol. The zero-order chi connectivity index (χ0) is 10.4. The Balaban J connectivity index is 2.36. The number of aliphatic hydroxyl groups is 1. The van der Waals surface area contributed by atoms with Crippen LogP contribution in [0, 0.1) is 5.41 Å². The first-order chi connectivity index (χ1) is 6.52. The van der Waals surface area contributed by atoms with Crippen LogP contribution in [0.5, 0.6) is 0 Å². The van der Waals surface area contributed by atoms with Crippen molar-refractivity contribution in [1.82, 2.24) is 9.97 Å². The summed E-state index contributed by atoms with van der Waals surface area (Å²) in [6, 6.07) is 0. The molecule has 0 radical (unpaired) electrons. The summed E-state index contributed by atoms with van der Waals surface area (Å²) in [4.78, 5) is 8.52. The first-order valence-corrected chi connectivity index (χ1v) is 5.40. The summed E-state index contributed by atoms with van der Waals surface area (Å²) >= 11 is 3.30. The molecular weight excluding hydrogens is 244 g/mol. The van der Waals surface area contributed by atoms with Crippen LogP contribution in [-0.2, 0) is 5.41 Å². The normalized spacial score (nSPS) is 28.9. The highest BCUT2D eigenvalue weighted by Gasteiger charge is 2.63. The van der Waals surface area contributed by atoms with E-state index in [1.54, 1.807) is 12.4 Å². The molecule has 0 saturated heterocycles. The van der Waals surface area contributed by atoms with Crippen LogP contribution in [0.25, 0.3) is 0 Å². The van der Waals surface area contributed by atoms with E-state index in [4.69, 9.17) is 0 Å². The lowest BCUT2D eigenvalue weighted by atomic mass is 9.96. The second-order valence-corrected chi connectivity index (χ2v) is 5.44. The van der Waals surface area contributed by atoms with E-state index in [1.807, 2.05) is 0 Å². The van der Waals surface area contributed by atoms with Crippen molar-refractivity contribution < 1.29 is 5.11 Å². The van der Waals surface area contributed by atoms with E-state index >= 15 is 0 Å². The van der Waals surface area contributed by atoms with Crippen LogP contribution in [0.3, 0.4) is 0 Å². The van der Waals surface area contributed by atoms with E-state index in [0.29, 0.717) is 0 Å². The molecule has 1 aliphatic rings. The first kappa shape index (κ1) is 10.1. The fourth-order valence-electron chi connectivity index (χ4n) is 1.99. The third-order valence-electron chi connectivity index (χ3n) is 3.23. The van der Waals surface area contributed by atoms with Gasteiger partial charge in [0, 0.05) is 12.4 Å². The molecule has 1 aliphatic carbocycles. The van der Waals surface area contributed by atoms with E-state index in [0.717, 1.165) is 16.7 Å². The Morgan fingerprint density at radius 1 is 1.43 bits per heavy atom. The van der Waals surface area contributed by atoms with Crippen molar-refractivity contribution in [1.29, 1.82) is 0 Å². The number of hydrogen-bond acceptors (Lipinski definition) is 3. The van der Waals surface area contributed by atoms with Gasteiger partial charge in [0.2, 0.25) is 0 Å². The smallest absolute Gasteiger partial charge is 0.137 e. The molecule has 3 nitrogen and oxygen atoms in total. The average molecular weight is 257 g/mol. The molecule has 0 bridgehead atoms. The van der Waals surface area contributed by atoms with Gasteiger partial charge in [0.05, 0.1) is 16.5 Å². The molecule has 0 aliphatic heterocycles. The second-order valence-electron chi connectivity index (χ2n) is 4.53. The minimum absolute atomic E-state index is 0.121. The maximum absolute atomic E-state index is 9.42. The Labute approximate surface area is 91.7 Å². The van der Waals surface area contributed by atoms with Crippen molar-refractivity contribution >= 4 is 15.9 Å². The SMILES string of the molecule is CC1(C)CC1(CO)c1ncc(Br)cn1.